The average Bonchev–Trinajstić information content (AvgIpc) is 3.13. The summed E-state index contributed by atoms with van der Waals surface area (Å²) in [6.45, 7) is 6.43. The zero-order valence-electron chi connectivity index (χ0n) is 12.2. The van der Waals surface area contributed by atoms with E-state index >= 15 is 0 Å². The average molecular weight is 286 g/mol. The monoisotopic (exact) mass is 286 g/mol. The number of benzene rings is 1. The van der Waals surface area contributed by atoms with Crippen molar-refractivity contribution in [3.63, 3.8) is 0 Å². The third-order valence-electron chi connectivity index (χ3n) is 4.36. The highest BCUT2D eigenvalue weighted by atomic mass is 32.1. The van der Waals surface area contributed by atoms with Crippen molar-refractivity contribution < 1.29 is 0 Å². The van der Waals surface area contributed by atoms with Gasteiger partial charge in [-0.05, 0) is 56.0 Å². The topological polar surface area (TPSA) is 38.0 Å². The van der Waals surface area contributed by atoms with Gasteiger partial charge >= 0.3 is 0 Å². The van der Waals surface area contributed by atoms with E-state index in [1.54, 1.807) is 0 Å². The van der Waals surface area contributed by atoms with Gasteiger partial charge in [-0.15, -0.1) is 11.3 Å². The molecule has 0 spiro atoms. The quantitative estimate of drug-likeness (QED) is 0.821. The Labute approximate surface area is 125 Å². The van der Waals surface area contributed by atoms with Gasteiger partial charge in [-0.25, -0.2) is 0 Å². The number of nitrogen functional groups attached to an aromatic ring is 1. The maximum atomic E-state index is 5.77. The standard InChI is InChI=1S/C17H22N2S/c1-12-9-16(20-13(12)2)10-19-11-17(7-8-17)14-3-5-15(18)6-4-14/h3-6,9,19H,7-8,10-11,18H2,1-2H3. The molecule has 20 heavy (non-hydrogen) atoms. The lowest BCUT2D eigenvalue weighted by Crippen LogP contribution is -2.26. The second kappa shape index (κ2) is 5.23. The van der Waals surface area contributed by atoms with Gasteiger partial charge in [0.15, 0.2) is 0 Å². The Morgan fingerprint density at radius 1 is 1.20 bits per heavy atom. The first-order valence-electron chi connectivity index (χ1n) is 7.22. The molecule has 1 aliphatic carbocycles. The van der Waals surface area contributed by atoms with Gasteiger partial charge in [-0.2, -0.15) is 0 Å². The van der Waals surface area contributed by atoms with E-state index in [1.165, 1.54) is 33.7 Å². The van der Waals surface area contributed by atoms with Crippen LogP contribution >= 0.6 is 11.3 Å². The number of nitrogens with one attached hydrogen (secondary N) is 1. The lowest BCUT2D eigenvalue weighted by Gasteiger charge is -2.16. The summed E-state index contributed by atoms with van der Waals surface area (Å²) >= 11 is 1.90. The molecule has 0 radical (unpaired) electrons. The molecule has 3 N–H and O–H groups in total. The van der Waals surface area contributed by atoms with Crippen LogP contribution in [-0.4, -0.2) is 6.54 Å². The summed E-state index contributed by atoms with van der Waals surface area (Å²) in [5, 5.41) is 3.64. The van der Waals surface area contributed by atoms with Gasteiger partial charge in [0, 0.05) is 33.9 Å². The predicted molar refractivity (Wildman–Crippen MR) is 87.3 cm³/mol. The van der Waals surface area contributed by atoms with Crippen LogP contribution in [0.5, 0.6) is 0 Å². The minimum atomic E-state index is 0.356. The van der Waals surface area contributed by atoms with E-state index < -0.39 is 0 Å². The normalized spacial score (nSPS) is 16.3. The van der Waals surface area contributed by atoms with Crippen LogP contribution < -0.4 is 11.1 Å². The second-order valence-corrected chi connectivity index (χ2v) is 7.30. The van der Waals surface area contributed by atoms with Gasteiger partial charge in [0.2, 0.25) is 0 Å². The van der Waals surface area contributed by atoms with Crippen LogP contribution in [0, 0.1) is 13.8 Å². The highest BCUT2D eigenvalue weighted by molar-refractivity contribution is 7.12. The Bertz CT molecular complexity index is 574. The predicted octanol–water partition coefficient (Wildman–Crippen LogP) is 3.77. The van der Waals surface area contributed by atoms with E-state index in [0.717, 1.165) is 18.8 Å². The smallest absolute Gasteiger partial charge is 0.0314 e. The van der Waals surface area contributed by atoms with E-state index in [0.29, 0.717) is 5.41 Å². The Balaban J connectivity index is 1.59. The SMILES string of the molecule is Cc1cc(CNCC2(c3ccc(N)cc3)CC2)sc1C. The highest BCUT2D eigenvalue weighted by Crippen LogP contribution is 2.47. The minimum Gasteiger partial charge on any atom is -0.399 e. The second-order valence-electron chi connectivity index (χ2n) is 5.96. The van der Waals surface area contributed by atoms with Crippen LogP contribution in [-0.2, 0) is 12.0 Å². The summed E-state index contributed by atoms with van der Waals surface area (Å²) in [6.07, 6.45) is 2.57. The Hall–Kier alpha value is -1.32. The molecular weight excluding hydrogens is 264 g/mol. The maximum Gasteiger partial charge on any atom is 0.0314 e. The minimum absolute atomic E-state index is 0.356. The molecule has 1 aromatic carbocycles. The van der Waals surface area contributed by atoms with Crippen LogP contribution in [0.15, 0.2) is 30.3 Å². The first-order valence-corrected chi connectivity index (χ1v) is 8.03. The number of anilines is 1. The zero-order valence-corrected chi connectivity index (χ0v) is 13.0. The van der Waals surface area contributed by atoms with Crippen molar-refractivity contribution in [3.05, 3.63) is 51.2 Å². The molecule has 0 bridgehead atoms. The van der Waals surface area contributed by atoms with Gasteiger partial charge in [-0.3, -0.25) is 0 Å². The Kier molecular flexibility index (Phi) is 3.57. The Morgan fingerprint density at radius 3 is 2.45 bits per heavy atom. The molecule has 0 atom stereocenters. The van der Waals surface area contributed by atoms with E-state index in [-0.39, 0.29) is 0 Å². The van der Waals surface area contributed by atoms with Crippen molar-refractivity contribution in [2.24, 2.45) is 0 Å². The van der Waals surface area contributed by atoms with Crippen LogP contribution in [0.2, 0.25) is 0 Å². The molecule has 106 valence electrons. The molecule has 0 aliphatic heterocycles. The zero-order chi connectivity index (χ0) is 14.2. The van der Waals surface area contributed by atoms with Gasteiger partial charge < -0.3 is 11.1 Å². The molecule has 0 saturated heterocycles. The number of aryl methyl sites for hydroxylation is 2. The van der Waals surface area contributed by atoms with Crippen molar-refractivity contribution in [1.82, 2.24) is 5.32 Å². The third kappa shape index (κ3) is 2.74. The van der Waals surface area contributed by atoms with Crippen molar-refractivity contribution in [2.45, 2.75) is 38.6 Å². The van der Waals surface area contributed by atoms with Crippen molar-refractivity contribution >= 4 is 17.0 Å². The molecule has 3 rings (SSSR count). The van der Waals surface area contributed by atoms with Crippen LogP contribution in [0.1, 0.15) is 33.7 Å². The van der Waals surface area contributed by atoms with Gasteiger partial charge in [0.1, 0.15) is 0 Å². The van der Waals surface area contributed by atoms with Gasteiger partial charge in [0.05, 0.1) is 0 Å². The van der Waals surface area contributed by atoms with Crippen LogP contribution in [0.4, 0.5) is 5.69 Å². The van der Waals surface area contributed by atoms with Gasteiger partial charge in [0.25, 0.3) is 0 Å². The van der Waals surface area contributed by atoms with Crippen LogP contribution in [0.3, 0.4) is 0 Å². The molecule has 3 heteroatoms. The summed E-state index contributed by atoms with van der Waals surface area (Å²) in [7, 11) is 0. The van der Waals surface area contributed by atoms with Gasteiger partial charge in [-0.1, -0.05) is 12.1 Å². The molecule has 2 nitrogen and oxygen atoms in total. The van der Waals surface area contributed by atoms with Crippen LogP contribution in [0.25, 0.3) is 0 Å². The maximum absolute atomic E-state index is 5.77. The number of hydrogen-bond acceptors (Lipinski definition) is 3. The fourth-order valence-electron chi connectivity index (χ4n) is 2.72. The van der Waals surface area contributed by atoms with Crippen molar-refractivity contribution in [1.29, 1.82) is 0 Å². The summed E-state index contributed by atoms with van der Waals surface area (Å²) in [5.41, 5.74) is 9.81. The van der Waals surface area contributed by atoms with E-state index in [9.17, 15) is 0 Å². The number of thiophene rings is 1. The lowest BCUT2D eigenvalue weighted by atomic mass is 9.96. The lowest BCUT2D eigenvalue weighted by molar-refractivity contribution is 0.577. The molecule has 0 unspecified atom stereocenters. The molecule has 1 fully saturated rings. The molecular formula is C17H22N2S. The molecule has 1 aliphatic rings. The highest BCUT2D eigenvalue weighted by Gasteiger charge is 2.43. The molecule has 0 amide bonds. The summed E-state index contributed by atoms with van der Waals surface area (Å²) in [4.78, 5) is 2.87. The number of hydrogen-bond donors (Lipinski definition) is 2. The fourth-order valence-corrected chi connectivity index (χ4v) is 3.74. The largest absolute Gasteiger partial charge is 0.399 e. The summed E-state index contributed by atoms with van der Waals surface area (Å²) < 4.78 is 0. The van der Waals surface area contributed by atoms with E-state index in [2.05, 4.69) is 37.4 Å². The summed E-state index contributed by atoms with van der Waals surface area (Å²) in [5.74, 6) is 0. The molecule has 1 aromatic heterocycles. The summed E-state index contributed by atoms with van der Waals surface area (Å²) in [6, 6.07) is 10.7. The van der Waals surface area contributed by atoms with Crippen molar-refractivity contribution in [2.75, 3.05) is 12.3 Å². The molecule has 2 aromatic rings. The van der Waals surface area contributed by atoms with E-state index in [4.69, 9.17) is 5.73 Å². The fraction of sp³-hybridized carbons (Fsp3) is 0.412. The first kappa shape index (κ1) is 13.7. The molecule has 1 heterocycles. The Morgan fingerprint density at radius 2 is 1.90 bits per heavy atom. The van der Waals surface area contributed by atoms with E-state index in [1.807, 2.05) is 23.5 Å². The number of nitrogens with two attached hydrogens (primary N) is 1. The first-order chi connectivity index (χ1) is 9.59. The van der Waals surface area contributed by atoms with Crippen molar-refractivity contribution in [3.8, 4) is 0 Å². The molecule has 1 saturated carbocycles. The third-order valence-corrected chi connectivity index (χ3v) is 5.51. The number of rotatable bonds is 5.